The minimum atomic E-state index is 0.811. The Hall–Kier alpha value is -0.0400. The van der Waals surface area contributed by atoms with Gasteiger partial charge >= 0.3 is 0 Å². The van der Waals surface area contributed by atoms with Crippen molar-refractivity contribution < 1.29 is 0 Å². The predicted molar refractivity (Wildman–Crippen MR) is 65.9 cm³/mol. The SMILES string of the molecule is CC1CCCCC1NC1CCC(C)C1C. The molecule has 0 spiro atoms. The molecule has 0 bridgehead atoms. The van der Waals surface area contributed by atoms with Gasteiger partial charge in [0.1, 0.15) is 0 Å². The monoisotopic (exact) mass is 209 g/mol. The zero-order valence-electron chi connectivity index (χ0n) is 10.6. The van der Waals surface area contributed by atoms with Crippen LogP contribution < -0.4 is 5.32 Å². The van der Waals surface area contributed by atoms with Gasteiger partial charge in [-0.25, -0.2) is 0 Å². The summed E-state index contributed by atoms with van der Waals surface area (Å²) in [4.78, 5) is 0. The van der Waals surface area contributed by atoms with E-state index in [-0.39, 0.29) is 0 Å². The van der Waals surface area contributed by atoms with E-state index < -0.39 is 0 Å². The van der Waals surface area contributed by atoms with Gasteiger partial charge in [-0.1, -0.05) is 33.6 Å². The lowest BCUT2D eigenvalue weighted by Gasteiger charge is -2.33. The fraction of sp³-hybridized carbons (Fsp3) is 1.00. The maximum Gasteiger partial charge on any atom is 0.00980 e. The Morgan fingerprint density at radius 1 is 0.733 bits per heavy atom. The Labute approximate surface area is 95.0 Å². The molecule has 2 fully saturated rings. The van der Waals surface area contributed by atoms with Crippen molar-refractivity contribution in [2.24, 2.45) is 17.8 Å². The van der Waals surface area contributed by atoms with Gasteiger partial charge < -0.3 is 5.32 Å². The second-order valence-corrected chi connectivity index (χ2v) is 6.06. The highest BCUT2D eigenvalue weighted by molar-refractivity contribution is 4.89. The topological polar surface area (TPSA) is 12.0 Å². The number of hydrogen-bond acceptors (Lipinski definition) is 1. The van der Waals surface area contributed by atoms with E-state index in [0.29, 0.717) is 0 Å². The molecule has 0 aromatic heterocycles. The van der Waals surface area contributed by atoms with Crippen LogP contribution in [0.25, 0.3) is 0 Å². The van der Waals surface area contributed by atoms with Crippen LogP contribution in [0.5, 0.6) is 0 Å². The van der Waals surface area contributed by atoms with Crippen LogP contribution in [-0.2, 0) is 0 Å². The molecule has 1 heteroatoms. The summed E-state index contributed by atoms with van der Waals surface area (Å²) in [6.07, 6.45) is 8.59. The fourth-order valence-corrected chi connectivity index (χ4v) is 3.44. The van der Waals surface area contributed by atoms with Gasteiger partial charge in [0.25, 0.3) is 0 Å². The van der Waals surface area contributed by atoms with E-state index in [0.717, 1.165) is 29.8 Å². The Balaban J connectivity index is 1.85. The Kier molecular flexibility index (Phi) is 3.71. The predicted octanol–water partition coefficient (Wildman–Crippen LogP) is 3.59. The summed E-state index contributed by atoms with van der Waals surface area (Å²) in [5, 5.41) is 3.95. The average molecular weight is 209 g/mol. The molecule has 0 heterocycles. The molecule has 1 N–H and O–H groups in total. The third-order valence-corrected chi connectivity index (χ3v) is 5.00. The van der Waals surface area contributed by atoms with E-state index in [9.17, 15) is 0 Å². The fourth-order valence-electron chi connectivity index (χ4n) is 3.44. The van der Waals surface area contributed by atoms with Gasteiger partial charge in [-0.2, -0.15) is 0 Å². The van der Waals surface area contributed by atoms with Crippen molar-refractivity contribution in [3.8, 4) is 0 Å². The van der Waals surface area contributed by atoms with Crippen molar-refractivity contribution in [1.82, 2.24) is 5.32 Å². The first kappa shape index (κ1) is 11.4. The summed E-state index contributed by atoms with van der Waals surface area (Å²) in [6, 6.07) is 1.63. The van der Waals surface area contributed by atoms with Crippen molar-refractivity contribution in [3.05, 3.63) is 0 Å². The second kappa shape index (κ2) is 4.86. The summed E-state index contributed by atoms with van der Waals surface area (Å²) in [5.41, 5.74) is 0. The highest BCUT2D eigenvalue weighted by atomic mass is 15.0. The van der Waals surface area contributed by atoms with Gasteiger partial charge in [-0.05, 0) is 43.4 Å². The molecule has 5 unspecified atom stereocenters. The number of hydrogen-bond donors (Lipinski definition) is 1. The lowest BCUT2D eigenvalue weighted by molar-refractivity contribution is 0.236. The first-order valence-electron chi connectivity index (χ1n) is 6.94. The molecule has 2 aliphatic carbocycles. The molecule has 1 nitrogen and oxygen atoms in total. The van der Waals surface area contributed by atoms with Crippen LogP contribution in [0.1, 0.15) is 59.3 Å². The summed E-state index contributed by atoms with van der Waals surface area (Å²) >= 11 is 0. The smallest absolute Gasteiger partial charge is 0.00980 e. The van der Waals surface area contributed by atoms with E-state index in [2.05, 4.69) is 26.1 Å². The molecule has 0 aliphatic heterocycles. The number of nitrogens with one attached hydrogen (secondary N) is 1. The lowest BCUT2D eigenvalue weighted by atomic mass is 9.85. The van der Waals surface area contributed by atoms with E-state index in [1.54, 1.807) is 0 Å². The van der Waals surface area contributed by atoms with Crippen molar-refractivity contribution in [2.75, 3.05) is 0 Å². The van der Waals surface area contributed by atoms with Crippen molar-refractivity contribution in [3.63, 3.8) is 0 Å². The third kappa shape index (κ3) is 2.55. The average Bonchev–Trinajstić information content (AvgIpc) is 2.53. The molecule has 0 amide bonds. The summed E-state index contributed by atoms with van der Waals surface area (Å²) in [6.45, 7) is 7.28. The molecule has 0 aromatic rings. The normalized spacial score (nSPS) is 47.0. The van der Waals surface area contributed by atoms with Gasteiger partial charge in [-0.15, -0.1) is 0 Å². The second-order valence-electron chi connectivity index (χ2n) is 6.06. The summed E-state index contributed by atoms with van der Waals surface area (Å²) in [5.74, 6) is 2.72. The highest BCUT2D eigenvalue weighted by Crippen LogP contribution is 2.33. The van der Waals surface area contributed by atoms with Gasteiger partial charge in [0, 0.05) is 12.1 Å². The Morgan fingerprint density at radius 3 is 2.07 bits per heavy atom. The molecule has 2 rings (SSSR count). The van der Waals surface area contributed by atoms with Crippen LogP contribution in [0.3, 0.4) is 0 Å². The minimum Gasteiger partial charge on any atom is -0.311 e. The van der Waals surface area contributed by atoms with Crippen LogP contribution >= 0.6 is 0 Å². The molecule has 0 radical (unpaired) electrons. The first-order chi connectivity index (χ1) is 7.18. The summed E-state index contributed by atoms with van der Waals surface area (Å²) in [7, 11) is 0. The molecule has 0 saturated heterocycles. The first-order valence-corrected chi connectivity index (χ1v) is 6.94. The molecular weight excluding hydrogens is 182 g/mol. The molecule has 15 heavy (non-hydrogen) atoms. The van der Waals surface area contributed by atoms with E-state index >= 15 is 0 Å². The van der Waals surface area contributed by atoms with Crippen molar-refractivity contribution in [1.29, 1.82) is 0 Å². The van der Waals surface area contributed by atoms with Gasteiger partial charge in [0.15, 0.2) is 0 Å². The molecule has 2 aliphatic rings. The van der Waals surface area contributed by atoms with E-state index in [4.69, 9.17) is 0 Å². The number of rotatable bonds is 2. The lowest BCUT2D eigenvalue weighted by Crippen LogP contribution is -2.45. The molecule has 5 atom stereocenters. The van der Waals surface area contributed by atoms with Crippen LogP contribution in [0.2, 0.25) is 0 Å². The van der Waals surface area contributed by atoms with Crippen LogP contribution in [0, 0.1) is 17.8 Å². The zero-order chi connectivity index (χ0) is 10.8. The zero-order valence-corrected chi connectivity index (χ0v) is 10.6. The molecule has 2 saturated carbocycles. The molecular formula is C14H27N. The maximum atomic E-state index is 3.95. The standard InChI is InChI=1S/C14H27N/c1-10-8-9-14(12(10)3)15-13-7-5-4-6-11(13)2/h10-15H,4-9H2,1-3H3. The van der Waals surface area contributed by atoms with Crippen LogP contribution in [0.15, 0.2) is 0 Å². The molecule has 0 aromatic carbocycles. The maximum absolute atomic E-state index is 3.95. The van der Waals surface area contributed by atoms with E-state index in [1.165, 1.54) is 38.5 Å². The van der Waals surface area contributed by atoms with Gasteiger partial charge in [-0.3, -0.25) is 0 Å². The Bertz CT molecular complexity index is 200. The van der Waals surface area contributed by atoms with Crippen molar-refractivity contribution in [2.45, 2.75) is 71.4 Å². The van der Waals surface area contributed by atoms with Crippen LogP contribution in [0.4, 0.5) is 0 Å². The highest BCUT2D eigenvalue weighted by Gasteiger charge is 2.32. The largest absolute Gasteiger partial charge is 0.311 e. The molecule has 88 valence electrons. The van der Waals surface area contributed by atoms with Gasteiger partial charge in [0.05, 0.1) is 0 Å². The van der Waals surface area contributed by atoms with Crippen molar-refractivity contribution >= 4 is 0 Å². The van der Waals surface area contributed by atoms with E-state index in [1.807, 2.05) is 0 Å². The summed E-state index contributed by atoms with van der Waals surface area (Å²) < 4.78 is 0. The Morgan fingerprint density at radius 2 is 1.47 bits per heavy atom. The quantitative estimate of drug-likeness (QED) is 0.733. The minimum absolute atomic E-state index is 0.811. The third-order valence-electron chi connectivity index (χ3n) is 5.00. The van der Waals surface area contributed by atoms with Gasteiger partial charge in [0.2, 0.25) is 0 Å². The van der Waals surface area contributed by atoms with Crippen LogP contribution in [-0.4, -0.2) is 12.1 Å².